The monoisotopic (exact) mass is 320 g/mol. The van der Waals surface area contributed by atoms with Gasteiger partial charge in [0.15, 0.2) is 0 Å². The lowest BCUT2D eigenvalue weighted by Crippen LogP contribution is -1.77. The Hall–Kier alpha value is -2.09. The third-order valence-corrected chi connectivity index (χ3v) is 5.18. The fourth-order valence-corrected chi connectivity index (χ4v) is 3.91. The minimum Gasteiger partial charge on any atom is -0.135 e. The third kappa shape index (κ3) is 2.43. The first-order valence-corrected chi connectivity index (χ1v) is 8.35. The highest BCUT2D eigenvalue weighted by Gasteiger charge is 2.09. The van der Waals surface area contributed by atoms with Gasteiger partial charge in [-0.15, -0.1) is 11.3 Å². The Morgan fingerprint density at radius 3 is 2.23 bits per heavy atom. The molecule has 4 rings (SSSR count). The van der Waals surface area contributed by atoms with Crippen LogP contribution in [0.25, 0.3) is 31.7 Å². The molecule has 22 heavy (non-hydrogen) atoms. The molecule has 0 saturated heterocycles. The average Bonchev–Trinajstić information content (AvgIpc) is 3.00. The molecule has 0 nitrogen and oxygen atoms in total. The van der Waals surface area contributed by atoms with E-state index in [9.17, 15) is 0 Å². The van der Waals surface area contributed by atoms with E-state index in [-0.39, 0.29) is 0 Å². The maximum absolute atomic E-state index is 5.99. The van der Waals surface area contributed by atoms with Crippen LogP contribution in [-0.4, -0.2) is 0 Å². The Morgan fingerprint density at radius 1 is 0.682 bits per heavy atom. The first-order valence-electron chi connectivity index (χ1n) is 7.15. The van der Waals surface area contributed by atoms with Crippen LogP contribution in [0.4, 0.5) is 0 Å². The molecule has 0 aliphatic carbocycles. The number of benzene rings is 3. The SMILES string of the molecule is Clc1ccc(-c2cc3c(-c4ccccc4)cccc3s2)cc1. The number of halogens is 1. The lowest BCUT2D eigenvalue weighted by Gasteiger charge is -2.02. The van der Waals surface area contributed by atoms with Gasteiger partial charge in [-0.1, -0.05) is 66.2 Å². The van der Waals surface area contributed by atoms with Gasteiger partial charge in [0, 0.05) is 20.0 Å². The van der Waals surface area contributed by atoms with E-state index < -0.39 is 0 Å². The van der Waals surface area contributed by atoms with Gasteiger partial charge in [-0.25, -0.2) is 0 Å². The minimum absolute atomic E-state index is 0.773. The molecule has 0 aliphatic rings. The van der Waals surface area contributed by atoms with Crippen LogP contribution in [-0.2, 0) is 0 Å². The van der Waals surface area contributed by atoms with Crippen molar-refractivity contribution in [2.45, 2.75) is 0 Å². The van der Waals surface area contributed by atoms with Crippen LogP contribution in [0.3, 0.4) is 0 Å². The van der Waals surface area contributed by atoms with Crippen molar-refractivity contribution in [1.29, 1.82) is 0 Å². The second kappa shape index (κ2) is 5.60. The van der Waals surface area contributed by atoms with Crippen molar-refractivity contribution in [2.24, 2.45) is 0 Å². The van der Waals surface area contributed by atoms with E-state index in [0.717, 1.165) is 5.02 Å². The Bertz CT molecular complexity index is 921. The van der Waals surface area contributed by atoms with Crippen LogP contribution in [0.1, 0.15) is 0 Å². The predicted molar refractivity (Wildman–Crippen MR) is 97.7 cm³/mol. The van der Waals surface area contributed by atoms with E-state index in [1.807, 2.05) is 23.5 Å². The molecule has 4 aromatic rings. The first kappa shape index (κ1) is 13.6. The first-order chi connectivity index (χ1) is 10.8. The minimum atomic E-state index is 0.773. The maximum atomic E-state index is 5.99. The van der Waals surface area contributed by atoms with Gasteiger partial charge in [-0.3, -0.25) is 0 Å². The normalized spacial score (nSPS) is 11.0. The molecule has 0 amide bonds. The summed E-state index contributed by atoms with van der Waals surface area (Å²) in [6, 6.07) is 27.4. The quantitative estimate of drug-likeness (QED) is 0.377. The van der Waals surface area contributed by atoms with Crippen molar-refractivity contribution >= 4 is 33.0 Å². The molecule has 1 aromatic heterocycles. The Labute approximate surface area is 138 Å². The molecule has 106 valence electrons. The number of rotatable bonds is 2. The van der Waals surface area contributed by atoms with Gasteiger partial charge in [0.1, 0.15) is 0 Å². The van der Waals surface area contributed by atoms with Crippen LogP contribution >= 0.6 is 22.9 Å². The smallest absolute Gasteiger partial charge is 0.0406 e. The molecule has 1 heterocycles. The summed E-state index contributed by atoms with van der Waals surface area (Å²) in [5, 5.41) is 2.08. The molecule has 0 aliphatic heterocycles. The number of fused-ring (bicyclic) bond motifs is 1. The molecule has 0 bridgehead atoms. The fourth-order valence-electron chi connectivity index (χ4n) is 2.69. The largest absolute Gasteiger partial charge is 0.135 e. The lowest BCUT2D eigenvalue weighted by atomic mass is 10.0. The molecule has 0 fully saturated rings. The zero-order valence-corrected chi connectivity index (χ0v) is 13.4. The summed E-state index contributed by atoms with van der Waals surface area (Å²) in [6.45, 7) is 0. The molecular weight excluding hydrogens is 308 g/mol. The van der Waals surface area contributed by atoms with Gasteiger partial charge in [0.25, 0.3) is 0 Å². The predicted octanol–water partition coefficient (Wildman–Crippen LogP) is 6.89. The van der Waals surface area contributed by atoms with E-state index in [1.165, 1.54) is 31.7 Å². The topological polar surface area (TPSA) is 0 Å². The highest BCUT2D eigenvalue weighted by atomic mass is 35.5. The maximum Gasteiger partial charge on any atom is 0.0406 e. The zero-order chi connectivity index (χ0) is 14.9. The van der Waals surface area contributed by atoms with Gasteiger partial charge >= 0.3 is 0 Å². The second-order valence-corrected chi connectivity index (χ2v) is 6.72. The van der Waals surface area contributed by atoms with E-state index >= 15 is 0 Å². The molecule has 0 unspecified atom stereocenters. The van der Waals surface area contributed by atoms with Crippen molar-refractivity contribution in [3.8, 4) is 21.6 Å². The highest BCUT2D eigenvalue weighted by Crippen LogP contribution is 2.38. The van der Waals surface area contributed by atoms with Crippen LogP contribution < -0.4 is 0 Å². The van der Waals surface area contributed by atoms with Gasteiger partial charge in [0.05, 0.1) is 0 Å². The van der Waals surface area contributed by atoms with E-state index in [4.69, 9.17) is 11.6 Å². The Kier molecular flexibility index (Phi) is 3.45. The van der Waals surface area contributed by atoms with Gasteiger partial charge < -0.3 is 0 Å². The van der Waals surface area contributed by atoms with E-state index in [2.05, 4.69) is 66.7 Å². The second-order valence-electron chi connectivity index (χ2n) is 5.20. The van der Waals surface area contributed by atoms with E-state index in [1.54, 1.807) is 0 Å². The number of hydrogen-bond donors (Lipinski definition) is 0. The summed E-state index contributed by atoms with van der Waals surface area (Å²) >= 11 is 7.81. The van der Waals surface area contributed by atoms with Gasteiger partial charge in [-0.2, -0.15) is 0 Å². The van der Waals surface area contributed by atoms with Crippen molar-refractivity contribution in [1.82, 2.24) is 0 Å². The number of thiophene rings is 1. The molecule has 2 heteroatoms. The Morgan fingerprint density at radius 2 is 1.45 bits per heavy atom. The molecule has 0 saturated carbocycles. The standard InChI is InChI=1S/C20H13ClS/c21-16-11-9-15(10-12-16)20-13-18-17(7-4-8-19(18)22-20)14-5-2-1-3-6-14/h1-13H. The van der Waals surface area contributed by atoms with Crippen molar-refractivity contribution in [2.75, 3.05) is 0 Å². The summed E-state index contributed by atoms with van der Waals surface area (Å²) in [5.41, 5.74) is 3.76. The summed E-state index contributed by atoms with van der Waals surface area (Å²) < 4.78 is 1.31. The van der Waals surface area contributed by atoms with Crippen LogP contribution in [0.2, 0.25) is 5.02 Å². The third-order valence-electron chi connectivity index (χ3n) is 3.77. The molecular formula is C20H13ClS. The molecule has 0 radical (unpaired) electrons. The van der Waals surface area contributed by atoms with Crippen LogP contribution in [0.15, 0.2) is 78.9 Å². The number of hydrogen-bond acceptors (Lipinski definition) is 1. The summed E-state index contributed by atoms with van der Waals surface area (Å²) in [7, 11) is 0. The van der Waals surface area contributed by atoms with Crippen molar-refractivity contribution in [3.63, 3.8) is 0 Å². The van der Waals surface area contributed by atoms with E-state index in [0.29, 0.717) is 0 Å². The van der Waals surface area contributed by atoms with Crippen LogP contribution in [0.5, 0.6) is 0 Å². The van der Waals surface area contributed by atoms with Crippen molar-refractivity contribution in [3.05, 3.63) is 83.9 Å². The molecule has 0 N–H and O–H groups in total. The molecule has 3 aromatic carbocycles. The van der Waals surface area contributed by atoms with Gasteiger partial charge in [0.2, 0.25) is 0 Å². The van der Waals surface area contributed by atoms with Crippen molar-refractivity contribution < 1.29 is 0 Å². The summed E-state index contributed by atoms with van der Waals surface area (Å²) in [5.74, 6) is 0. The molecule has 0 atom stereocenters. The fraction of sp³-hybridized carbons (Fsp3) is 0. The highest BCUT2D eigenvalue weighted by molar-refractivity contribution is 7.22. The lowest BCUT2D eigenvalue weighted by molar-refractivity contribution is 1.66. The van der Waals surface area contributed by atoms with Gasteiger partial charge in [-0.05, 0) is 41.0 Å². The summed E-state index contributed by atoms with van der Waals surface area (Å²) in [4.78, 5) is 1.27. The zero-order valence-electron chi connectivity index (χ0n) is 11.8. The summed E-state index contributed by atoms with van der Waals surface area (Å²) in [6.07, 6.45) is 0. The molecule has 0 spiro atoms. The van der Waals surface area contributed by atoms with Crippen LogP contribution in [0, 0.1) is 0 Å². The average molecular weight is 321 g/mol. The Balaban J connectivity index is 1.89.